The van der Waals surface area contributed by atoms with E-state index >= 15 is 0 Å². The lowest BCUT2D eigenvalue weighted by atomic mass is 9.84. The van der Waals surface area contributed by atoms with Crippen LogP contribution >= 0.6 is 11.3 Å². The van der Waals surface area contributed by atoms with Crippen molar-refractivity contribution in [2.45, 2.75) is 51.5 Å². The fourth-order valence-corrected chi connectivity index (χ4v) is 3.34. The maximum absolute atomic E-state index is 12.0. The first kappa shape index (κ1) is 15.0. The molecule has 1 saturated carbocycles. The number of nitrogens with one attached hydrogen (secondary N) is 1. The van der Waals surface area contributed by atoms with Crippen LogP contribution in [0.25, 0.3) is 0 Å². The maximum atomic E-state index is 12.0. The molecule has 5 nitrogen and oxygen atoms in total. The van der Waals surface area contributed by atoms with Crippen molar-refractivity contribution < 1.29 is 14.7 Å². The summed E-state index contributed by atoms with van der Waals surface area (Å²) in [5.74, 6) is -1.13. The highest BCUT2D eigenvalue weighted by Gasteiger charge is 2.30. The highest BCUT2D eigenvalue weighted by molar-refractivity contribution is 7.09. The van der Waals surface area contributed by atoms with Gasteiger partial charge in [0.15, 0.2) is 0 Å². The van der Waals surface area contributed by atoms with Gasteiger partial charge >= 0.3 is 5.97 Å². The molecule has 0 radical (unpaired) electrons. The minimum Gasteiger partial charge on any atom is -0.480 e. The van der Waals surface area contributed by atoms with Crippen LogP contribution in [0.1, 0.15) is 42.8 Å². The molecule has 1 atom stereocenters. The zero-order valence-electron chi connectivity index (χ0n) is 11.6. The van der Waals surface area contributed by atoms with E-state index in [0.717, 1.165) is 37.1 Å². The number of nitrogens with zero attached hydrogens (tertiary/aromatic N) is 1. The van der Waals surface area contributed by atoms with Gasteiger partial charge in [-0.3, -0.25) is 4.79 Å². The molecule has 0 aliphatic heterocycles. The van der Waals surface area contributed by atoms with Crippen LogP contribution in [-0.2, 0) is 16.0 Å². The van der Waals surface area contributed by atoms with E-state index in [2.05, 4.69) is 10.3 Å². The van der Waals surface area contributed by atoms with Gasteiger partial charge in [-0.2, -0.15) is 0 Å². The first-order valence-corrected chi connectivity index (χ1v) is 7.87. The summed E-state index contributed by atoms with van der Waals surface area (Å²) in [7, 11) is 0. The monoisotopic (exact) mass is 296 g/mol. The topological polar surface area (TPSA) is 79.3 Å². The van der Waals surface area contributed by atoms with Gasteiger partial charge in [0.05, 0.1) is 17.1 Å². The van der Waals surface area contributed by atoms with Crippen molar-refractivity contribution in [2.24, 2.45) is 5.92 Å². The third-order valence-electron chi connectivity index (χ3n) is 3.71. The summed E-state index contributed by atoms with van der Waals surface area (Å²) in [6.07, 6.45) is 5.18. The molecule has 110 valence electrons. The average Bonchev–Trinajstić information content (AvgIpc) is 2.82. The molecule has 0 aromatic carbocycles. The summed E-state index contributed by atoms with van der Waals surface area (Å²) in [5.41, 5.74) is 0.706. The number of carbonyl (C=O) groups is 2. The van der Waals surface area contributed by atoms with Crippen LogP contribution in [0.15, 0.2) is 5.38 Å². The third kappa shape index (κ3) is 4.03. The molecule has 1 aliphatic rings. The SMILES string of the molecule is Cc1nc(CC(=O)NC(C(=O)O)C2CCCCC2)cs1. The van der Waals surface area contributed by atoms with E-state index in [1.807, 2.05) is 12.3 Å². The molecule has 1 aromatic rings. The summed E-state index contributed by atoms with van der Waals surface area (Å²) >= 11 is 1.49. The van der Waals surface area contributed by atoms with Gasteiger partial charge in [-0.05, 0) is 25.7 Å². The second kappa shape index (κ2) is 6.83. The van der Waals surface area contributed by atoms with E-state index in [9.17, 15) is 14.7 Å². The van der Waals surface area contributed by atoms with Crippen LogP contribution in [-0.4, -0.2) is 28.0 Å². The van der Waals surface area contributed by atoms with Gasteiger partial charge in [0, 0.05) is 5.38 Å². The number of carboxylic acids is 1. The van der Waals surface area contributed by atoms with Crippen LogP contribution in [0.5, 0.6) is 0 Å². The molecule has 20 heavy (non-hydrogen) atoms. The summed E-state index contributed by atoms with van der Waals surface area (Å²) in [4.78, 5) is 27.6. The number of aliphatic carboxylic acids is 1. The van der Waals surface area contributed by atoms with Crippen LogP contribution < -0.4 is 5.32 Å². The van der Waals surface area contributed by atoms with E-state index in [0.29, 0.717) is 5.69 Å². The van der Waals surface area contributed by atoms with Gasteiger partial charge < -0.3 is 10.4 Å². The summed E-state index contributed by atoms with van der Waals surface area (Å²) in [6.45, 7) is 1.88. The number of thiazole rings is 1. The molecule has 1 aromatic heterocycles. The molecule has 1 fully saturated rings. The number of rotatable bonds is 5. The number of amides is 1. The molecule has 1 amide bonds. The molecule has 0 bridgehead atoms. The summed E-state index contributed by atoms with van der Waals surface area (Å²) < 4.78 is 0. The van der Waals surface area contributed by atoms with Crippen molar-refractivity contribution in [3.05, 3.63) is 16.1 Å². The smallest absolute Gasteiger partial charge is 0.326 e. The number of carboxylic acid groups (broad SMARTS) is 1. The molecular weight excluding hydrogens is 276 g/mol. The second-order valence-electron chi connectivity index (χ2n) is 5.32. The van der Waals surface area contributed by atoms with Crippen molar-refractivity contribution in [1.82, 2.24) is 10.3 Å². The van der Waals surface area contributed by atoms with Crippen molar-refractivity contribution in [1.29, 1.82) is 0 Å². The Morgan fingerprint density at radius 1 is 1.45 bits per heavy atom. The van der Waals surface area contributed by atoms with Crippen LogP contribution in [0.3, 0.4) is 0 Å². The predicted octanol–water partition coefficient (Wildman–Crippen LogP) is 2.14. The molecule has 2 N–H and O–H groups in total. The maximum Gasteiger partial charge on any atom is 0.326 e. The Morgan fingerprint density at radius 3 is 2.70 bits per heavy atom. The lowest BCUT2D eigenvalue weighted by Crippen LogP contribution is -2.47. The Balaban J connectivity index is 1.93. The first-order chi connectivity index (χ1) is 9.56. The lowest BCUT2D eigenvalue weighted by molar-refractivity contribution is -0.143. The first-order valence-electron chi connectivity index (χ1n) is 6.99. The Bertz CT molecular complexity index is 481. The minimum absolute atomic E-state index is 0.0578. The number of hydrogen-bond donors (Lipinski definition) is 2. The number of aryl methyl sites for hydroxylation is 1. The van der Waals surface area contributed by atoms with Crippen LogP contribution in [0.4, 0.5) is 0 Å². The van der Waals surface area contributed by atoms with Crippen molar-refractivity contribution in [3.8, 4) is 0 Å². The van der Waals surface area contributed by atoms with Crippen LogP contribution in [0.2, 0.25) is 0 Å². The van der Waals surface area contributed by atoms with Gasteiger partial charge in [0.1, 0.15) is 6.04 Å². The second-order valence-corrected chi connectivity index (χ2v) is 6.38. The zero-order chi connectivity index (χ0) is 14.5. The molecule has 1 aliphatic carbocycles. The zero-order valence-corrected chi connectivity index (χ0v) is 12.4. The van der Waals surface area contributed by atoms with Gasteiger partial charge in [-0.1, -0.05) is 19.3 Å². The Morgan fingerprint density at radius 2 is 2.15 bits per heavy atom. The van der Waals surface area contributed by atoms with Crippen molar-refractivity contribution in [3.63, 3.8) is 0 Å². The number of carbonyl (C=O) groups excluding carboxylic acids is 1. The van der Waals surface area contributed by atoms with Crippen molar-refractivity contribution >= 4 is 23.2 Å². The predicted molar refractivity (Wildman–Crippen MR) is 76.7 cm³/mol. The van der Waals surface area contributed by atoms with E-state index in [1.165, 1.54) is 11.3 Å². The fourth-order valence-electron chi connectivity index (χ4n) is 2.73. The number of hydrogen-bond acceptors (Lipinski definition) is 4. The number of aromatic nitrogens is 1. The summed E-state index contributed by atoms with van der Waals surface area (Å²) in [5, 5.41) is 14.7. The largest absolute Gasteiger partial charge is 0.480 e. The van der Waals surface area contributed by atoms with Gasteiger partial charge in [0.25, 0.3) is 0 Å². The molecule has 2 rings (SSSR count). The summed E-state index contributed by atoms with van der Waals surface area (Å²) in [6, 6.07) is -0.762. The van der Waals surface area contributed by atoms with E-state index in [4.69, 9.17) is 0 Å². The standard InChI is InChI=1S/C14H20N2O3S/c1-9-15-11(8-20-9)7-12(17)16-13(14(18)19)10-5-3-2-4-6-10/h8,10,13H,2-7H2,1H3,(H,16,17)(H,18,19). The average molecular weight is 296 g/mol. The Labute approximate surface area is 122 Å². The van der Waals surface area contributed by atoms with Gasteiger partial charge in [-0.25, -0.2) is 9.78 Å². The third-order valence-corrected chi connectivity index (χ3v) is 4.53. The van der Waals surface area contributed by atoms with Crippen LogP contribution in [0, 0.1) is 12.8 Å². The molecule has 1 heterocycles. The van der Waals surface area contributed by atoms with E-state index in [1.54, 1.807) is 0 Å². The minimum atomic E-state index is -0.931. The molecule has 0 saturated heterocycles. The quantitative estimate of drug-likeness (QED) is 0.872. The fraction of sp³-hybridized carbons (Fsp3) is 0.643. The van der Waals surface area contributed by atoms with Gasteiger partial charge in [-0.15, -0.1) is 11.3 Å². The highest BCUT2D eigenvalue weighted by Crippen LogP contribution is 2.26. The lowest BCUT2D eigenvalue weighted by Gasteiger charge is -2.27. The Kier molecular flexibility index (Phi) is 5.11. The van der Waals surface area contributed by atoms with Crippen molar-refractivity contribution in [2.75, 3.05) is 0 Å². The highest BCUT2D eigenvalue weighted by atomic mass is 32.1. The molecule has 1 unspecified atom stereocenters. The normalized spacial score (nSPS) is 17.6. The molecule has 0 spiro atoms. The van der Waals surface area contributed by atoms with E-state index < -0.39 is 12.0 Å². The molecule has 6 heteroatoms. The van der Waals surface area contributed by atoms with E-state index in [-0.39, 0.29) is 18.2 Å². The Hall–Kier alpha value is -1.43. The van der Waals surface area contributed by atoms with Gasteiger partial charge in [0.2, 0.25) is 5.91 Å². The molecular formula is C14H20N2O3S.